The number of allylic oxidation sites excluding steroid dienone is 2. The van der Waals surface area contributed by atoms with Crippen LogP contribution in [0.5, 0.6) is 5.75 Å². The molecule has 0 spiro atoms. The molecule has 3 aromatic carbocycles. The van der Waals surface area contributed by atoms with E-state index < -0.39 is 6.16 Å². The maximum Gasteiger partial charge on any atom is 0.513 e. The first-order valence-electron chi connectivity index (χ1n) is 14.6. The van der Waals surface area contributed by atoms with Gasteiger partial charge in [-0.1, -0.05) is 85.0 Å². The molecule has 0 saturated carbocycles. The molecule has 220 valence electrons. The van der Waals surface area contributed by atoms with Crippen molar-refractivity contribution in [2.75, 3.05) is 32.8 Å². The van der Waals surface area contributed by atoms with Crippen molar-refractivity contribution >= 4 is 18.1 Å². The molecule has 1 fully saturated rings. The van der Waals surface area contributed by atoms with Gasteiger partial charge in [-0.2, -0.15) is 0 Å². The summed E-state index contributed by atoms with van der Waals surface area (Å²) < 4.78 is 16.6. The zero-order valence-corrected chi connectivity index (χ0v) is 24.4. The minimum absolute atomic E-state index is 0.0715. The van der Waals surface area contributed by atoms with E-state index in [1.807, 2.05) is 43.3 Å². The quantitative estimate of drug-likeness (QED) is 0.117. The van der Waals surface area contributed by atoms with Crippen LogP contribution < -0.4 is 10.1 Å². The van der Waals surface area contributed by atoms with Crippen LogP contribution in [0.15, 0.2) is 97.1 Å². The molecule has 3 aromatic rings. The van der Waals surface area contributed by atoms with Gasteiger partial charge in [-0.05, 0) is 61.1 Å². The number of hydrogen-bond acceptors (Lipinski definition) is 6. The summed E-state index contributed by atoms with van der Waals surface area (Å²) in [6.45, 7) is 7.13. The first-order valence-corrected chi connectivity index (χ1v) is 14.6. The molecule has 0 bridgehead atoms. The Balaban J connectivity index is 1.16. The number of carbonyl (C=O) groups excluding carboxylic acids is 2. The van der Waals surface area contributed by atoms with Gasteiger partial charge in [0.15, 0.2) is 0 Å². The summed E-state index contributed by atoms with van der Waals surface area (Å²) in [6, 6.07) is 26.3. The average molecular weight is 569 g/mol. The van der Waals surface area contributed by atoms with Crippen molar-refractivity contribution in [3.05, 3.63) is 119 Å². The minimum atomic E-state index is -0.716. The van der Waals surface area contributed by atoms with Crippen LogP contribution in [0.4, 0.5) is 4.79 Å². The second-order valence-electron chi connectivity index (χ2n) is 10.2. The number of nitrogens with zero attached hydrogens (tertiary/aromatic N) is 1. The third kappa shape index (κ3) is 9.72. The van der Waals surface area contributed by atoms with Crippen LogP contribution >= 0.6 is 0 Å². The van der Waals surface area contributed by atoms with Crippen LogP contribution in [0, 0.1) is 6.92 Å². The maximum atomic E-state index is 12.3. The highest BCUT2D eigenvalue weighted by molar-refractivity contribution is 5.87. The van der Waals surface area contributed by atoms with Crippen LogP contribution in [-0.4, -0.2) is 55.9 Å². The largest absolute Gasteiger partial charge is 0.513 e. The van der Waals surface area contributed by atoms with Crippen molar-refractivity contribution in [1.82, 2.24) is 10.2 Å². The van der Waals surface area contributed by atoms with Gasteiger partial charge in [-0.3, -0.25) is 4.79 Å². The molecule has 0 aliphatic carbocycles. The summed E-state index contributed by atoms with van der Waals surface area (Å²) in [6.07, 6.45) is 8.27. The Morgan fingerprint density at radius 3 is 2.24 bits per heavy atom. The second-order valence-corrected chi connectivity index (χ2v) is 10.2. The van der Waals surface area contributed by atoms with Crippen molar-refractivity contribution in [3.63, 3.8) is 0 Å². The number of amides is 1. The fraction of sp³-hybridized carbons (Fsp3) is 0.314. The Bertz CT molecular complexity index is 1290. The predicted molar refractivity (Wildman–Crippen MR) is 165 cm³/mol. The van der Waals surface area contributed by atoms with Crippen LogP contribution in [0.25, 0.3) is 6.08 Å². The lowest BCUT2D eigenvalue weighted by molar-refractivity contribution is -0.116. The molecule has 4 rings (SSSR count). The molecule has 1 N–H and O–H groups in total. The number of ether oxygens (including phenoxy) is 3. The van der Waals surface area contributed by atoms with Gasteiger partial charge in [0.2, 0.25) is 5.91 Å². The van der Waals surface area contributed by atoms with E-state index in [9.17, 15) is 9.59 Å². The van der Waals surface area contributed by atoms with E-state index in [-0.39, 0.29) is 24.7 Å². The lowest BCUT2D eigenvalue weighted by Gasteiger charge is -2.34. The number of benzene rings is 3. The van der Waals surface area contributed by atoms with E-state index in [0.29, 0.717) is 12.3 Å². The molecule has 1 amide bonds. The van der Waals surface area contributed by atoms with E-state index in [1.165, 1.54) is 17.2 Å². The van der Waals surface area contributed by atoms with Crippen molar-refractivity contribution in [2.45, 2.75) is 38.9 Å². The number of likely N-dealkylation sites (tertiary alicyclic amines) is 1. The predicted octanol–water partition coefficient (Wildman–Crippen LogP) is 6.49. The Hall–Kier alpha value is -4.20. The first kappa shape index (κ1) is 30.8. The van der Waals surface area contributed by atoms with E-state index in [2.05, 4.69) is 58.7 Å². The summed E-state index contributed by atoms with van der Waals surface area (Å²) in [5.41, 5.74) is 4.09. The Labute approximate surface area is 248 Å². The van der Waals surface area contributed by atoms with Gasteiger partial charge in [-0.25, -0.2) is 4.79 Å². The SMILES string of the molecule is CCOC(=O)Oc1ccc(/C=C/C=C/C(=O)NCCN2CCC(OC(c3ccccc3)c3ccccc3)CC2)cc1C. The lowest BCUT2D eigenvalue weighted by atomic mass is 10.00. The molecule has 0 aromatic heterocycles. The molecule has 7 nitrogen and oxygen atoms in total. The first-order chi connectivity index (χ1) is 20.5. The van der Waals surface area contributed by atoms with Gasteiger partial charge < -0.3 is 24.4 Å². The summed E-state index contributed by atoms with van der Waals surface area (Å²) >= 11 is 0. The van der Waals surface area contributed by atoms with E-state index in [4.69, 9.17) is 14.2 Å². The zero-order chi connectivity index (χ0) is 29.6. The Kier molecular flexibility index (Phi) is 11.9. The highest BCUT2D eigenvalue weighted by atomic mass is 16.7. The fourth-order valence-corrected chi connectivity index (χ4v) is 4.90. The number of aryl methyl sites for hydroxylation is 1. The molecule has 0 radical (unpaired) electrons. The van der Waals surface area contributed by atoms with Gasteiger partial charge in [0.25, 0.3) is 0 Å². The molecule has 1 aliphatic rings. The fourth-order valence-electron chi connectivity index (χ4n) is 4.90. The monoisotopic (exact) mass is 568 g/mol. The van der Waals surface area contributed by atoms with Crippen LogP contribution in [-0.2, 0) is 14.3 Å². The molecular weight excluding hydrogens is 528 g/mol. The average Bonchev–Trinajstić information content (AvgIpc) is 3.01. The number of carbonyl (C=O) groups is 2. The minimum Gasteiger partial charge on any atom is -0.434 e. The molecule has 1 heterocycles. The summed E-state index contributed by atoms with van der Waals surface area (Å²) in [5.74, 6) is 0.335. The summed E-state index contributed by atoms with van der Waals surface area (Å²) in [5, 5.41) is 2.97. The second kappa shape index (κ2) is 16.3. The van der Waals surface area contributed by atoms with E-state index >= 15 is 0 Å². The third-order valence-electron chi connectivity index (χ3n) is 7.10. The van der Waals surface area contributed by atoms with E-state index in [1.54, 1.807) is 19.1 Å². The van der Waals surface area contributed by atoms with Crippen molar-refractivity contribution in [1.29, 1.82) is 0 Å². The maximum absolute atomic E-state index is 12.3. The molecule has 1 aliphatic heterocycles. The lowest BCUT2D eigenvalue weighted by Crippen LogP contribution is -2.41. The van der Waals surface area contributed by atoms with Gasteiger partial charge in [0, 0.05) is 32.3 Å². The standard InChI is InChI=1S/C35H40N2O5/c1-3-40-35(39)42-32-19-18-28(26-27(32)2)12-10-11-17-33(38)36-22-25-37-23-20-31(21-24-37)41-34(29-13-6-4-7-14-29)30-15-8-5-9-16-30/h4-19,26,31,34H,3,20-25H2,1-2H3,(H,36,38)/b12-10+,17-11+. The normalized spacial score (nSPS) is 14.5. The molecule has 0 unspecified atom stereocenters. The van der Waals surface area contributed by atoms with E-state index in [0.717, 1.165) is 43.6 Å². The topological polar surface area (TPSA) is 77.1 Å². The van der Waals surface area contributed by atoms with Crippen LogP contribution in [0.2, 0.25) is 0 Å². The van der Waals surface area contributed by atoms with Gasteiger partial charge in [0.1, 0.15) is 11.9 Å². The smallest absolute Gasteiger partial charge is 0.434 e. The summed E-state index contributed by atoms with van der Waals surface area (Å²) in [4.78, 5) is 26.2. The Morgan fingerprint density at radius 1 is 0.952 bits per heavy atom. The Morgan fingerprint density at radius 2 is 1.62 bits per heavy atom. The molecular formula is C35H40N2O5. The van der Waals surface area contributed by atoms with Crippen molar-refractivity contribution < 1.29 is 23.8 Å². The third-order valence-corrected chi connectivity index (χ3v) is 7.10. The number of nitrogens with one attached hydrogen (secondary N) is 1. The van der Waals surface area contributed by atoms with Crippen LogP contribution in [0.3, 0.4) is 0 Å². The molecule has 0 atom stereocenters. The van der Waals surface area contributed by atoms with Crippen molar-refractivity contribution in [3.8, 4) is 5.75 Å². The van der Waals surface area contributed by atoms with Gasteiger partial charge in [0.05, 0.1) is 12.7 Å². The highest BCUT2D eigenvalue weighted by Gasteiger charge is 2.24. The number of hydrogen-bond donors (Lipinski definition) is 1. The van der Waals surface area contributed by atoms with Gasteiger partial charge >= 0.3 is 6.16 Å². The molecule has 7 heteroatoms. The van der Waals surface area contributed by atoms with Crippen LogP contribution in [0.1, 0.15) is 48.1 Å². The molecule has 1 saturated heterocycles. The summed E-state index contributed by atoms with van der Waals surface area (Å²) in [7, 11) is 0. The number of piperidine rings is 1. The van der Waals surface area contributed by atoms with Crippen molar-refractivity contribution in [2.24, 2.45) is 0 Å². The molecule has 42 heavy (non-hydrogen) atoms. The van der Waals surface area contributed by atoms with Gasteiger partial charge in [-0.15, -0.1) is 0 Å². The zero-order valence-electron chi connectivity index (χ0n) is 24.4. The number of rotatable bonds is 12. The highest BCUT2D eigenvalue weighted by Crippen LogP contribution is 2.30.